The molecule has 1 fully saturated rings. The zero-order valence-electron chi connectivity index (χ0n) is 10.7. The Morgan fingerprint density at radius 1 is 1.32 bits per heavy atom. The zero-order valence-corrected chi connectivity index (χ0v) is 10.7. The molecule has 0 aromatic heterocycles. The van der Waals surface area contributed by atoms with E-state index in [1.807, 2.05) is 0 Å². The van der Waals surface area contributed by atoms with Crippen molar-refractivity contribution in [1.29, 1.82) is 0 Å². The van der Waals surface area contributed by atoms with E-state index in [1.165, 1.54) is 15.9 Å². The van der Waals surface area contributed by atoms with Crippen LogP contribution in [0.25, 0.3) is 0 Å². The van der Waals surface area contributed by atoms with Crippen LogP contribution in [0, 0.1) is 12.7 Å². The fraction of sp³-hybridized carbons (Fsp3) is 0.286. The predicted octanol–water partition coefficient (Wildman–Crippen LogP) is 1.50. The van der Waals surface area contributed by atoms with Gasteiger partial charge in [0.15, 0.2) is 0 Å². The number of amides is 2. The number of aryl methyl sites for hydroxylation is 1. The van der Waals surface area contributed by atoms with E-state index in [0.29, 0.717) is 30.9 Å². The zero-order chi connectivity index (χ0) is 14.0. The van der Waals surface area contributed by atoms with Crippen molar-refractivity contribution in [2.75, 3.05) is 24.5 Å². The molecule has 0 saturated carbocycles. The second-order valence-corrected chi connectivity index (χ2v) is 4.43. The van der Waals surface area contributed by atoms with Gasteiger partial charge in [0.2, 0.25) is 0 Å². The number of benzene rings is 1. The smallest absolute Gasteiger partial charge is 0.316 e. The van der Waals surface area contributed by atoms with E-state index in [9.17, 15) is 14.0 Å². The minimum Gasteiger partial charge on any atom is -0.329 e. The summed E-state index contributed by atoms with van der Waals surface area (Å²) in [5.41, 5.74) is 0.924. The molecular weight excluding hydrogens is 247 g/mol. The Morgan fingerprint density at radius 2 is 2.05 bits per heavy atom. The molecule has 1 aliphatic heterocycles. The van der Waals surface area contributed by atoms with Gasteiger partial charge in [-0.3, -0.25) is 9.59 Å². The van der Waals surface area contributed by atoms with Crippen LogP contribution in [-0.4, -0.2) is 36.3 Å². The second-order valence-electron chi connectivity index (χ2n) is 4.43. The Balaban J connectivity index is 2.23. The SMILES string of the molecule is C=CCN1CCN(c2ccc(C)c(F)c2)C(=O)C1=O. The first kappa shape index (κ1) is 13.3. The molecule has 1 aliphatic rings. The van der Waals surface area contributed by atoms with Crippen molar-refractivity contribution in [3.05, 3.63) is 42.2 Å². The Bertz CT molecular complexity index is 542. The molecule has 0 radical (unpaired) electrons. The van der Waals surface area contributed by atoms with Crippen molar-refractivity contribution in [1.82, 2.24) is 4.90 Å². The predicted molar refractivity (Wildman–Crippen MR) is 70.3 cm³/mol. The lowest BCUT2D eigenvalue weighted by Crippen LogP contribution is -2.54. The Kier molecular flexibility index (Phi) is 3.64. The average Bonchev–Trinajstić information content (AvgIpc) is 2.39. The van der Waals surface area contributed by atoms with Crippen molar-refractivity contribution < 1.29 is 14.0 Å². The lowest BCUT2D eigenvalue weighted by molar-refractivity contribution is -0.145. The summed E-state index contributed by atoms with van der Waals surface area (Å²) in [6.45, 7) is 6.32. The highest BCUT2D eigenvalue weighted by Gasteiger charge is 2.32. The van der Waals surface area contributed by atoms with Gasteiger partial charge in [0.25, 0.3) is 0 Å². The van der Waals surface area contributed by atoms with E-state index in [4.69, 9.17) is 0 Å². The molecular formula is C14H15FN2O2. The summed E-state index contributed by atoms with van der Waals surface area (Å²) >= 11 is 0. The van der Waals surface area contributed by atoms with Crippen molar-refractivity contribution in [2.45, 2.75) is 6.92 Å². The van der Waals surface area contributed by atoms with Crippen LogP contribution in [0.5, 0.6) is 0 Å². The molecule has 0 unspecified atom stereocenters. The van der Waals surface area contributed by atoms with Crippen LogP contribution in [0.15, 0.2) is 30.9 Å². The molecule has 1 aromatic carbocycles. The molecule has 100 valence electrons. The van der Waals surface area contributed by atoms with Gasteiger partial charge in [-0.05, 0) is 24.6 Å². The molecule has 5 heteroatoms. The van der Waals surface area contributed by atoms with E-state index in [1.54, 1.807) is 25.1 Å². The van der Waals surface area contributed by atoms with Crippen LogP contribution >= 0.6 is 0 Å². The van der Waals surface area contributed by atoms with Crippen molar-refractivity contribution in [2.24, 2.45) is 0 Å². The molecule has 0 aliphatic carbocycles. The monoisotopic (exact) mass is 262 g/mol. The Morgan fingerprint density at radius 3 is 2.68 bits per heavy atom. The number of carbonyl (C=O) groups is 2. The van der Waals surface area contributed by atoms with Crippen LogP contribution in [0.4, 0.5) is 10.1 Å². The van der Waals surface area contributed by atoms with Gasteiger partial charge < -0.3 is 9.80 Å². The Hall–Kier alpha value is -2.17. The van der Waals surface area contributed by atoms with Crippen LogP contribution in [0.2, 0.25) is 0 Å². The van der Waals surface area contributed by atoms with Gasteiger partial charge in [0.05, 0.1) is 0 Å². The first-order valence-electron chi connectivity index (χ1n) is 6.02. The molecule has 0 N–H and O–H groups in total. The second kappa shape index (κ2) is 5.22. The van der Waals surface area contributed by atoms with Crippen molar-refractivity contribution in [3.63, 3.8) is 0 Å². The molecule has 0 atom stereocenters. The third kappa shape index (κ3) is 2.50. The van der Waals surface area contributed by atoms with Gasteiger partial charge >= 0.3 is 11.8 Å². The summed E-state index contributed by atoms with van der Waals surface area (Å²) in [5.74, 6) is -1.59. The van der Waals surface area contributed by atoms with E-state index in [-0.39, 0.29) is 5.82 Å². The summed E-state index contributed by atoms with van der Waals surface area (Å²) in [6, 6.07) is 4.52. The molecule has 2 amide bonds. The highest BCUT2D eigenvalue weighted by atomic mass is 19.1. The first-order chi connectivity index (χ1) is 9.04. The van der Waals surface area contributed by atoms with E-state index < -0.39 is 11.8 Å². The number of halogens is 1. The molecule has 4 nitrogen and oxygen atoms in total. The van der Waals surface area contributed by atoms with Gasteiger partial charge in [-0.25, -0.2) is 4.39 Å². The van der Waals surface area contributed by atoms with Gasteiger partial charge in [-0.15, -0.1) is 6.58 Å². The van der Waals surface area contributed by atoms with Gasteiger partial charge in [-0.2, -0.15) is 0 Å². The number of piperazine rings is 1. The van der Waals surface area contributed by atoms with E-state index in [0.717, 1.165) is 0 Å². The third-order valence-corrected chi connectivity index (χ3v) is 3.13. The normalized spacial score (nSPS) is 15.9. The lowest BCUT2D eigenvalue weighted by Gasteiger charge is -2.33. The molecule has 1 heterocycles. The number of rotatable bonds is 3. The maximum absolute atomic E-state index is 13.5. The number of anilines is 1. The minimum atomic E-state index is -0.628. The maximum Gasteiger partial charge on any atom is 0.316 e. The minimum absolute atomic E-state index is 0.348. The molecule has 1 aromatic rings. The average molecular weight is 262 g/mol. The molecule has 0 spiro atoms. The fourth-order valence-electron chi connectivity index (χ4n) is 2.00. The lowest BCUT2D eigenvalue weighted by atomic mass is 10.1. The van der Waals surface area contributed by atoms with Crippen molar-refractivity contribution >= 4 is 17.5 Å². The standard InChI is InChI=1S/C14H15FN2O2/c1-3-6-16-7-8-17(14(19)13(16)18)11-5-4-10(2)12(15)9-11/h3-5,9H,1,6-8H2,2H3. The van der Waals surface area contributed by atoms with Crippen LogP contribution in [-0.2, 0) is 9.59 Å². The van der Waals surface area contributed by atoms with Crippen LogP contribution < -0.4 is 4.90 Å². The van der Waals surface area contributed by atoms with Gasteiger partial charge in [-0.1, -0.05) is 12.1 Å². The number of nitrogens with zero attached hydrogens (tertiary/aromatic N) is 2. The summed E-state index contributed by atoms with van der Waals surface area (Å²) in [6.07, 6.45) is 1.58. The Labute approximate surface area is 111 Å². The maximum atomic E-state index is 13.5. The van der Waals surface area contributed by atoms with Crippen LogP contribution in [0.1, 0.15) is 5.56 Å². The number of hydrogen-bond donors (Lipinski definition) is 0. The third-order valence-electron chi connectivity index (χ3n) is 3.13. The summed E-state index contributed by atoms with van der Waals surface area (Å²) < 4.78 is 13.5. The number of hydrogen-bond acceptors (Lipinski definition) is 2. The molecule has 1 saturated heterocycles. The van der Waals surface area contributed by atoms with E-state index >= 15 is 0 Å². The first-order valence-corrected chi connectivity index (χ1v) is 6.02. The quantitative estimate of drug-likeness (QED) is 0.612. The highest BCUT2D eigenvalue weighted by Crippen LogP contribution is 2.20. The topological polar surface area (TPSA) is 40.6 Å². The molecule has 19 heavy (non-hydrogen) atoms. The van der Waals surface area contributed by atoms with Crippen molar-refractivity contribution in [3.8, 4) is 0 Å². The van der Waals surface area contributed by atoms with E-state index in [2.05, 4.69) is 6.58 Å². The number of carbonyl (C=O) groups excluding carboxylic acids is 2. The fourth-order valence-corrected chi connectivity index (χ4v) is 2.00. The van der Waals surface area contributed by atoms with Gasteiger partial charge in [0, 0.05) is 25.3 Å². The highest BCUT2D eigenvalue weighted by molar-refractivity contribution is 6.41. The van der Waals surface area contributed by atoms with Gasteiger partial charge in [0.1, 0.15) is 5.82 Å². The molecule has 0 bridgehead atoms. The summed E-state index contributed by atoms with van der Waals surface area (Å²) in [7, 11) is 0. The van der Waals surface area contributed by atoms with Crippen LogP contribution in [0.3, 0.4) is 0 Å². The summed E-state index contributed by atoms with van der Waals surface area (Å²) in [5, 5.41) is 0. The summed E-state index contributed by atoms with van der Waals surface area (Å²) in [4.78, 5) is 26.6. The largest absolute Gasteiger partial charge is 0.329 e. The molecule has 2 rings (SSSR count).